The van der Waals surface area contributed by atoms with Crippen LogP contribution in [-0.4, -0.2) is 25.5 Å². The van der Waals surface area contributed by atoms with Gasteiger partial charge in [-0.1, -0.05) is 0 Å². The van der Waals surface area contributed by atoms with E-state index in [4.69, 9.17) is 0 Å². The lowest BCUT2D eigenvalue weighted by atomic mass is 10.4. The predicted octanol–water partition coefficient (Wildman–Crippen LogP) is -0.575. The van der Waals surface area contributed by atoms with Crippen molar-refractivity contribution in [2.45, 2.75) is 6.10 Å². The highest BCUT2D eigenvalue weighted by Crippen LogP contribution is 1.90. The van der Waals surface area contributed by atoms with Crippen molar-refractivity contribution in [3.8, 4) is 0 Å². The molecule has 10 heavy (non-hydrogen) atoms. The first-order chi connectivity index (χ1) is 4.76. The van der Waals surface area contributed by atoms with Gasteiger partial charge in [-0.25, -0.2) is 4.79 Å². The van der Waals surface area contributed by atoms with Gasteiger partial charge >= 0.3 is 5.97 Å². The van der Waals surface area contributed by atoms with Crippen LogP contribution in [0.2, 0.25) is 0 Å². The van der Waals surface area contributed by atoms with Gasteiger partial charge in [0.15, 0.2) is 11.6 Å². The number of hydrogen-bond donors (Lipinski definition) is 0. The number of carbonyl (C=O) groups excluding carboxylic acids is 2. The fraction of sp³-hybridized carbons (Fsp3) is 0.500. The van der Waals surface area contributed by atoms with Crippen LogP contribution in [0.1, 0.15) is 0 Å². The van der Waals surface area contributed by atoms with E-state index in [1.54, 1.807) is 0 Å². The molecule has 6 nitrogen and oxygen atoms in total. The Bertz CT molecular complexity index is 145. The lowest BCUT2D eigenvalue weighted by Crippen LogP contribution is -2.24. The minimum atomic E-state index is -1.54. The normalized spacial score (nSPS) is 11.3. The van der Waals surface area contributed by atoms with Crippen LogP contribution in [0.25, 0.3) is 0 Å². The number of esters is 1. The van der Waals surface area contributed by atoms with E-state index < -0.39 is 12.1 Å². The monoisotopic (exact) mass is 147 g/mol. The quantitative estimate of drug-likeness (QED) is 0.175. The van der Waals surface area contributed by atoms with E-state index in [0.717, 1.165) is 7.11 Å². The largest absolute Gasteiger partial charge is 0.466 e. The van der Waals surface area contributed by atoms with E-state index in [1.807, 2.05) is 5.34 Å². The van der Waals surface area contributed by atoms with Crippen LogP contribution in [0.5, 0.6) is 0 Å². The van der Waals surface area contributed by atoms with Gasteiger partial charge in [-0.3, -0.25) is 4.79 Å². The molecule has 6 heteroatoms. The van der Waals surface area contributed by atoms with Crippen molar-refractivity contribution < 1.29 is 19.2 Å². The summed E-state index contributed by atoms with van der Waals surface area (Å²) in [6.07, 6.45) is -1.42. The van der Waals surface area contributed by atoms with Crippen molar-refractivity contribution >= 4 is 12.3 Å². The first kappa shape index (κ1) is 8.54. The van der Waals surface area contributed by atoms with Gasteiger partial charge in [-0.15, -0.1) is 4.91 Å². The molecular formula is C4H5NO5. The molecule has 1 unspecified atom stereocenters. The second kappa shape index (κ2) is 4.42. The molecule has 0 fully saturated rings. The minimum absolute atomic E-state index is 0.118. The molecule has 0 aromatic rings. The number of ether oxygens (including phenoxy) is 1. The van der Waals surface area contributed by atoms with Gasteiger partial charge in [0.1, 0.15) is 0 Å². The summed E-state index contributed by atoms with van der Waals surface area (Å²) in [4.78, 5) is 33.4. The average Bonchev–Trinajstić information content (AvgIpc) is 1.99. The van der Waals surface area contributed by atoms with Gasteiger partial charge in [-0.2, -0.15) is 0 Å². The molecule has 0 saturated carbocycles. The lowest BCUT2D eigenvalue weighted by Gasteiger charge is -2.01. The SMILES string of the molecule is COC(=O)C(C=O)ON=O. The minimum Gasteiger partial charge on any atom is -0.466 e. The summed E-state index contributed by atoms with van der Waals surface area (Å²) < 4.78 is 4.06. The molecular weight excluding hydrogens is 142 g/mol. The molecule has 0 aliphatic rings. The van der Waals surface area contributed by atoms with Gasteiger partial charge < -0.3 is 9.57 Å². The van der Waals surface area contributed by atoms with Crippen molar-refractivity contribution in [1.82, 2.24) is 0 Å². The molecule has 0 aliphatic heterocycles. The standard InChI is InChI=1S/C4H5NO5/c1-9-4(7)3(2-6)10-5-8/h2-3H,1H3. The molecule has 0 aliphatic carbocycles. The van der Waals surface area contributed by atoms with Crippen LogP contribution in [0.3, 0.4) is 0 Å². The predicted molar refractivity (Wildman–Crippen MR) is 28.7 cm³/mol. The maximum atomic E-state index is 10.4. The molecule has 0 spiro atoms. The second-order valence-electron chi connectivity index (χ2n) is 1.26. The van der Waals surface area contributed by atoms with Crippen molar-refractivity contribution in [3.63, 3.8) is 0 Å². The number of nitrogens with zero attached hydrogens (tertiary/aromatic N) is 1. The van der Waals surface area contributed by atoms with Crippen molar-refractivity contribution in [1.29, 1.82) is 0 Å². The van der Waals surface area contributed by atoms with E-state index in [1.165, 1.54) is 0 Å². The highest BCUT2D eigenvalue weighted by molar-refractivity contribution is 5.90. The molecule has 0 bridgehead atoms. The number of rotatable bonds is 4. The van der Waals surface area contributed by atoms with Crippen LogP contribution in [0.15, 0.2) is 5.34 Å². The van der Waals surface area contributed by atoms with Gasteiger partial charge in [0.05, 0.1) is 7.11 Å². The summed E-state index contributed by atoms with van der Waals surface area (Å²) in [6, 6.07) is 0. The zero-order chi connectivity index (χ0) is 7.98. The van der Waals surface area contributed by atoms with Gasteiger partial charge in [-0.05, 0) is 0 Å². The molecule has 0 aromatic carbocycles. The van der Waals surface area contributed by atoms with Crippen LogP contribution in [0, 0.1) is 4.91 Å². The van der Waals surface area contributed by atoms with E-state index in [9.17, 15) is 14.5 Å². The molecule has 0 aromatic heterocycles. The van der Waals surface area contributed by atoms with Crippen molar-refractivity contribution in [3.05, 3.63) is 4.91 Å². The molecule has 0 saturated heterocycles. The smallest absolute Gasteiger partial charge is 0.357 e. The third-order valence-corrected chi connectivity index (χ3v) is 0.714. The van der Waals surface area contributed by atoms with Gasteiger partial charge in [0.25, 0.3) is 6.10 Å². The third-order valence-electron chi connectivity index (χ3n) is 0.714. The molecule has 1 atom stereocenters. The summed E-state index contributed by atoms with van der Waals surface area (Å²) in [5.41, 5.74) is 0. The number of carbonyl (C=O) groups is 2. The van der Waals surface area contributed by atoms with E-state index in [-0.39, 0.29) is 6.29 Å². The molecule has 0 rings (SSSR count). The molecule has 0 heterocycles. The maximum Gasteiger partial charge on any atom is 0.357 e. The zero-order valence-corrected chi connectivity index (χ0v) is 5.14. The molecule has 0 radical (unpaired) electrons. The van der Waals surface area contributed by atoms with Crippen LogP contribution in [-0.2, 0) is 19.2 Å². The number of aldehydes is 1. The highest BCUT2D eigenvalue weighted by atomic mass is 16.7. The zero-order valence-electron chi connectivity index (χ0n) is 5.14. The Morgan fingerprint density at radius 3 is 2.60 bits per heavy atom. The Labute approximate surface area is 56.0 Å². The molecule has 56 valence electrons. The van der Waals surface area contributed by atoms with Crippen molar-refractivity contribution in [2.24, 2.45) is 5.34 Å². The summed E-state index contributed by atoms with van der Waals surface area (Å²) in [6.45, 7) is 0. The Balaban J connectivity index is 3.91. The van der Waals surface area contributed by atoms with Crippen LogP contribution in [0.4, 0.5) is 0 Å². The summed E-state index contributed by atoms with van der Waals surface area (Å²) in [7, 11) is 1.06. The average molecular weight is 147 g/mol. The van der Waals surface area contributed by atoms with E-state index in [2.05, 4.69) is 9.57 Å². The number of hydrogen-bond acceptors (Lipinski definition) is 6. The highest BCUT2D eigenvalue weighted by Gasteiger charge is 2.19. The Morgan fingerprint density at radius 2 is 2.30 bits per heavy atom. The summed E-state index contributed by atoms with van der Waals surface area (Å²) in [5.74, 6) is -0.949. The lowest BCUT2D eigenvalue weighted by molar-refractivity contribution is -0.155. The first-order valence-corrected chi connectivity index (χ1v) is 2.28. The van der Waals surface area contributed by atoms with E-state index in [0.29, 0.717) is 0 Å². The Kier molecular flexibility index (Phi) is 3.78. The maximum absolute atomic E-state index is 10.4. The Morgan fingerprint density at radius 1 is 1.70 bits per heavy atom. The first-order valence-electron chi connectivity index (χ1n) is 2.28. The number of methoxy groups -OCH3 is 1. The summed E-state index contributed by atoms with van der Waals surface area (Å²) >= 11 is 0. The van der Waals surface area contributed by atoms with Gasteiger partial charge in [0.2, 0.25) is 0 Å². The second-order valence-corrected chi connectivity index (χ2v) is 1.26. The van der Waals surface area contributed by atoms with E-state index >= 15 is 0 Å². The van der Waals surface area contributed by atoms with Crippen LogP contribution >= 0.6 is 0 Å². The van der Waals surface area contributed by atoms with Crippen molar-refractivity contribution in [2.75, 3.05) is 7.11 Å². The fourth-order valence-electron chi connectivity index (χ4n) is 0.286. The fourth-order valence-corrected chi connectivity index (χ4v) is 0.286. The molecule has 0 N–H and O–H groups in total. The Hall–Kier alpha value is -1.46. The van der Waals surface area contributed by atoms with Crippen LogP contribution < -0.4 is 0 Å². The van der Waals surface area contributed by atoms with Gasteiger partial charge in [0, 0.05) is 0 Å². The topological polar surface area (TPSA) is 82.0 Å². The molecule has 0 amide bonds. The third kappa shape index (κ3) is 2.21. The summed E-state index contributed by atoms with van der Waals surface area (Å²) in [5, 5.41) is 1.89.